The van der Waals surface area contributed by atoms with Crippen molar-refractivity contribution in [2.75, 3.05) is 6.61 Å². The van der Waals surface area contributed by atoms with E-state index >= 15 is 0 Å². The molecule has 1 aliphatic carbocycles. The molecule has 13 heavy (non-hydrogen) atoms. The second kappa shape index (κ2) is 3.36. The molecule has 0 saturated heterocycles. The van der Waals surface area contributed by atoms with Crippen LogP contribution in [0.15, 0.2) is 5.16 Å². The highest BCUT2D eigenvalue weighted by Gasteiger charge is 2.41. The fourth-order valence-corrected chi connectivity index (χ4v) is 1.95. The summed E-state index contributed by atoms with van der Waals surface area (Å²) in [4.78, 5) is 16.5. The number of ether oxygens (including phenoxy) is 1. The van der Waals surface area contributed by atoms with Gasteiger partial charge in [-0.05, 0) is 26.2 Å². The van der Waals surface area contributed by atoms with Gasteiger partial charge in [0.15, 0.2) is 5.71 Å². The van der Waals surface area contributed by atoms with Gasteiger partial charge in [0.25, 0.3) is 0 Å². The lowest BCUT2D eigenvalue weighted by Crippen LogP contribution is -2.26. The van der Waals surface area contributed by atoms with Gasteiger partial charge >= 0.3 is 5.97 Å². The van der Waals surface area contributed by atoms with Gasteiger partial charge in [0.2, 0.25) is 0 Å². The minimum atomic E-state index is -0.308. The van der Waals surface area contributed by atoms with Crippen LogP contribution < -0.4 is 0 Å². The molecular weight excluding hydrogens is 170 g/mol. The minimum absolute atomic E-state index is 0.138. The summed E-state index contributed by atoms with van der Waals surface area (Å²) < 4.78 is 4.88. The molecule has 0 radical (unpaired) electrons. The Hall–Kier alpha value is -1.06. The van der Waals surface area contributed by atoms with E-state index in [2.05, 4.69) is 5.16 Å². The molecule has 0 aromatic heterocycles. The van der Waals surface area contributed by atoms with Gasteiger partial charge < -0.3 is 9.57 Å². The summed E-state index contributed by atoms with van der Waals surface area (Å²) in [6.45, 7) is 2.19. The van der Waals surface area contributed by atoms with Crippen molar-refractivity contribution in [3.63, 3.8) is 0 Å². The lowest BCUT2D eigenvalue weighted by molar-refractivity contribution is -0.135. The molecular formula is C9H13NO3. The molecule has 1 saturated carbocycles. The Morgan fingerprint density at radius 1 is 1.69 bits per heavy atom. The van der Waals surface area contributed by atoms with Crippen LogP contribution in [0.5, 0.6) is 0 Å². The molecule has 72 valence electrons. The number of carbonyl (C=O) groups is 1. The van der Waals surface area contributed by atoms with Gasteiger partial charge in [0.1, 0.15) is 6.10 Å². The molecule has 0 spiro atoms. The van der Waals surface area contributed by atoms with Crippen LogP contribution in [0.3, 0.4) is 0 Å². The second-order valence-corrected chi connectivity index (χ2v) is 3.38. The van der Waals surface area contributed by atoms with Crippen molar-refractivity contribution in [3.8, 4) is 0 Å². The van der Waals surface area contributed by atoms with Gasteiger partial charge in [-0.3, -0.25) is 0 Å². The summed E-state index contributed by atoms with van der Waals surface area (Å²) in [5.74, 6) is -0.115. The zero-order valence-corrected chi connectivity index (χ0v) is 7.66. The molecule has 1 heterocycles. The second-order valence-electron chi connectivity index (χ2n) is 3.38. The van der Waals surface area contributed by atoms with E-state index in [9.17, 15) is 4.79 Å². The van der Waals surface area contributed by atoms with E-state index in [0.29, 0.717) is 12.3 Å². The third-order valence-corrected chi connectivity index (χ3v) is 2.57. The van der Waals surface area contributed by atoms with E-state index in [1.807, 2.05) is 0 Å². The molecule has 0 N–H and O–H groups in total. The van der Waals surface area contributed by atoms with Crippen LogP contribution in [-0.2, 0) is 14.4 Å². The van der Waals surface area contributed by atoms with Crippen LogP contribution in [0.2, 0.25) is 0 Å². The number of fused-ring (bicyclic) bond motifs is 1. The minimum Gasteiger partial charge on any atom is -0.461 e. The van der Waals surface area contributed by atoms with E-state index in [0.717, 1.165) is 19.3 Å². The number of rotatable bonds is 2. The van der Waals surface area contributed by atoms with Gasteiger partial charge in [-0.25, -0.2) is 4.79 Å². The monoisotopic (exact) mass is 183 g/mol. The SMILES string of the molecule is CCOC(=O)C1=NO[C@H]2CCC[C@H]12. The lowest BCUT2D eigenvalue weighted by Gasteiger charge is -2.07. The summed E-state index contributed by atoms with van der Waals surface area (Å²) in [6.07, 6.45) is 3.27. The Balaban J connectivity index is 2.03. The predicted octanol–water partition coefficient (Wildman–Crippen LogP) is 1.10. The molecule has 0 aromatic carbocycles. The molecule has 0 unspecified atom stereocenters. The summed E-state index contributed by atoms with van der Waals surface area (Å²) >= 11 is 0. The van der Waals surface area contributed by atoms with Crippen molar-refractivity contribution in [1.29, 1.82) is 0 Å². The van der Waals surface area contributed by atoms with Crippen molar-refractivity contribution in [1.82, 2.24) is 0 Å². The highest BCUT2D eigenvalue weighted by Crippen LogP contribution is 2.34. The van der Waals surface area contributed by atoms with Crippen molar-refractivity contribution in [2.24, 2.45) is 11.1 Å². The van der Waals surface area contributed by atoms with Crippen LogP contribution in [0.25, 0.3) is 0 Å². The first kappa shape index (κ1) is 8.53. The summed E-state index contributed by atoms with van der Waals surface area (Å²) in [5.41, 5.74) is 0.490. The van der Waals surface area contributed by atoms with Crippen LogP contribution in [-0.4, -0.2) is 24.4 Å². The average molecular weight is 183 g/mol. The van der Waals surface area contributed by atoms with Gasteiger partial charge in [0, 0.05) is 0 Å². The van der Waals surface area contributed by atoms with E-state index < -0.39 is 0 Å². The van der Waals surface area contributed by atoms with E-state index in [4.69, 9.17) is 9.57 Å². The standard InChI is InChI=1S/C9H13NO3/c1-2-12-9(11)8-6-4-3-5-7(6)13-10-8/h6-7H,2-5H2,1H3/t6-,7-/m0/s1. The third-order valence-electron chi connectivity index (χ3n) is 2.57. The Bertz CT molecular complexity index is 249. The van der Waals surface area contributed by atoms with Crippen molar-refractivity contribution in [3.05, 3.63) is 0 Å². The molecule has 0 aromatic rings. The molecule has 0 bridgehead atoms. The van der Waals surface area contributed by atoms with Crippen LogP contribution >= 0.6 is 0 Å². The van der Waals surface area contributed by atoms with Crippen LogP contribution in [0.4, 0.5) is 0 Å². The maximum Gasteiger partial charge on any atom is 0.356 e. The summed E-state index contributed by atoms with van der Waals surface area (Å²) in [7, 11) is 0. The van der Waals surface area contributed by atoms with Crippen LogP contribution in [0.1, 0.15) is 26.2 Å². The predicted molar refractivity (Wildman–Crippen MR) is 46.3 cm³/mol. The summed E-state index contributed by atoms with van der Waals surface area (Å²) in [6, 6.07) is 0. The number of hydrogen-bond donors (Lipinski definition) is 0. The smallest absolute Gasteiger partial charge is 0.356 e. The van der Waals surface area contributed by atoms with Crippen molar-refractivity contribution >= 4 is 11.7 Å². The number of nitrogens with zero attached hydrogens (tertiary/aromatic N) is 1. The average Bonchev–Trinajstić information content (AvgIpc) is 2.62. The van der Waals surface area contributed by atoms with Gasteiger partial charge in [0.05, 0.1) is 12.5 Å². The Morgan fingerprint density at radius 3 is 3.31 bits per heavy atom. The molecule has 2 aliphatic rings. The third kappa shape index (κ3) is 1.41. The Morgan fingerprint density at radius 2 is 2.54 bits per heavy atom. The highest BCUT2D eigenvalue weighted by molar-refractivity contribution is 6.37. The van der Waals surface area contributed by atoms with Crippen LogP contribution in [0, 0.1) is 5.92 Å². The first-order chi connectivity index (χ1) is 6.33. The van der Waals surface area contributed by atoms with Crippen molar-refractivity contribution in [2.45, 2.75) is 32.3 Å². The molecule has 4 heteroatoms. The quantitative estimate of drug-likeness (QED) is 0.602. The highest BCUT2D eigenvalue weighted by atomic mass is 16.6. The van der Waals surface area contributed by atoms with E-state index in [1.165, 1.54) is 0 Å². The van der Waals surface area contributed by atoms with E-state index in [1.54, 1.807) is 6.92 Å². The largest absolute Gasteiger partial charge is 0.461 e. The van der Waals surface area contributed by atoms with Gasteiger partial charge in [-0.15, -0.1) is 0 Å². The van der Waals surface area contributed by atoms with Gasteiger partial charge in [-0.1, -0.05) is 5.16 Å². The molecule has 0 amide bonds. The fourth-order valence-electron chi connectivity index (χ4n) is 1.95. The topological polar surface area (TPSA) is 47.9 Å². The zero-order valence-electron chi connectivity index (χ0n) is 7.66. The fraction of sp³-hybridized carbons (Fsp3) is 0.778. The maximum absolute atomic E-state index is 11.4. The molecule has 1 fully saturated rings. The van der Waals surface area contributed by atoms with Gasteiger partial charge in [-0.2, -0.15) is 0 Å². The number of carbonyl (C=O) groups excluding carboxylic acids is 1. The maximum atomic E-state index is 11.4. The number of oxime groups is 1. The van der Waals surface area contributed by atoms with Crippen molar-refractivity contribution < 1.29 is 14.4 Å². The Labute approximate surface area is 76.9 Å². The number of hydrogen-bond acceptors (Lipinski definition) is 4. The first-order valence-electron chi connectivity index (χ1n) is 4.73. The molecule has 2 rings (SSSR count). The normalized spacial score (nSPS) is 30.7. The van der Waals surface area contributed by atoms with E-state index in [-0.39, 0.29) is 18.0 Å². The Kier molecular flexibility index (Phi) is 2.20. The summed E-state index contributed by atoms with van der Waals surface area (Å²) in [5, 5.41) is 3.78. The lowest BCUT2D eigenvalue weighted by atomic mass is 10.0. The first-order valence-corrected chi connectivity index (χ1v) is 4.73. The zero-order chi connectivity index (χ0) is 9.26. The number of esters is 1. The molecule has 4 nitrogen and oxygen atoms in total. The molecule has 1 aliphatic heterocycles. The molecule has 2 atom stereocenters.